The lowest BCUT2D eigenvalue weighted by molar-refractivity contribution is -0.137. The minimum absolute atomic E-state index is 0.0633. The zero-order valence-electron chi connectivity index (χ0n) is 25.5. The number of H-pyrrole nitrogens is 1. The van der Waals surface area contributed by atoms with Gasteiger partial charge in [-0.2, -0.15) is 13.2 Å². The van der Waals surface area contributed by atoms with Crippen LogP contribution in [0.5, 0.6) is 0 Å². The molecule has 0 aliphatic rings. The summed E-state index contributed by atoms with van der Waals surface area (Å²) in [7, 11) is 0. The van der Waals surface area contributed by atoms with Crippen LogP contribution in [0.25, 0.3) is 10.9 Å². The average Bonchev–Trinajstić information content (AvgIpc) is 3.46. The van der Waals surface area contributed by atoms with Crippen molar-refractivity contribution in [2.24, 2.45) is 5.73 Å². The summed E-state index contributed by atoms with van der Waals surface area (Å²) in [6.45, 7) is 2.98. The van der Waals surface area contributed by atoms with Crippen molar-refractivity contribution in [1.82, 2.24) is 20.9 Å². The van der Waals surface area contributed by atoms with E-state index in [1.54, 1.807) is 6.07 Å². The number of alkyl halides is 3. The molecule has 0 spiro atoms. The smallest absolute Gasteiger partial charge is 0.391 e. The zero-order chi connectivity index (χ0) is 33.4. The van der Waals surface area contributed by atoms with Crippen molar-refractivity contribution >= 4 is 28.6 Å². The number of fused-ring (bicyclic) bond motifs is 1. The summed E-state index contributed by atoms with van der Waals surface area (Å²) in [5, 5.41) is 20.1. The minimum atomic E-state index is -4.57. The number of hydrogen-bond donors (Lipinski definition) is 6. The molecule has 0 bridgehead atoms. The number of aliphatic hydroxyl groups is 1. The molecule has 4 aromatic rings. The van der Waals surface area contributed by atoms with E-state index in [2.05, 4.69) is 20.9 Å². The van der Waals surface area contributed by atoms with Gasteiger partial charge in [0.05, 0.1) is 29.8 Å². The molecule has 0 aliphatic carbocycles. The van der Waals surface area contributed by atoms with Gasteiger partial charge in [-0.1, -0.05) is 60.7 Å². The third kappa shape index (κ3) is 9.18. The molecular weight excluding hydrogens is 599 g/mol. The highest BCUT2D eigenvalue weighted by atomic mass is 19.4. The van der Waals surface area contributed by atoms with Gasteiger partial charge in [-0.25, -0.2) is 0 Å². The number of nitrogens with two attached hydrogens (primary N) is 1. The van der Waals surface area contributed by atoms with Gasteiger partial charge in [-0.05, 0) is 67.5 Å². The predicted molar refractivity (Wildman–Crippen MR) is 168 cm³/mol. The first-order chi connectivity index (χ1) is 21.8. The lowest BCUT2D eigenvalue weighted by Crippen LogP contribution is -2.54. The molecule has 4 rings (SSSR count). The molecule has 7 N–H and O–H groups in total. The number of benzene rings is 3. The largest absolute Gasteiger partial charge is 0.416 e. The fraction of sp³-hybridized carbons (Fsp3) is 0.324. The lowest BCUT2D eigenvalue weighted by atomic mass is 9.97. The SMILES string of the molecule is C[C@H](N)C(=O)N[C@@H](C)C(=O)N[C@@H](Cc1ccccc1)[C@@H](O)CCC(=O)NC(c1cccc(C(F)(F)F)c1)c1cc2ccccc2[nH]1. The van der Waals surface area contributed by atoms with Gasteiger partial charge in [-0.3, -0.25) is 14.4 Å². The van der Waals surface area contributed by atoms with Gasteiger partial charge in [0, 0.05) is 17.6 Å². The Morgan fingerprint density at radius 1 is 0.870 bits per heavy atom. The Balaban J connectivity index is 1.50. The summed E-state index contributed by atoms with van der Waals surface area (Å²) < 4.78 is 40.7. The number of halogens is 3. The number of carbonyl (C=O) groups is 3. The van der Waals surface area contributed by atoms with Gasteiger partial charge in [0.2, 0.25) is 17.7 Å². The first-order valence-corrected chi connectivity index (χ1v) is 14.9. The van der Waals surface area contributed by atoms with E-state index in [-0.39, 0.29) is 24.8 Å². The summed E-state index contributed by atoms with van der Waals surface area (Å²) in [4.78, 5) is 41.4. The molecule has 1 unspecified atom stereocenters. The first-order valence-electron chi connectivity index (χ1n) is 14.9. The van der Waals surface area contributed by atoms with Crippen molar-refractivity contribution in [1.29, 1.82) is 0 Å². The van der Waals surface area contributed by atoms with E-state index in [0.29, 0.717) is 5.69 Å². The fourth-order valence-electron chi connectivity index (χ4n) is 5.07. The number of rotatable bonds is 13. The van der Waals surface area contributed by atoms with Crippen molar-refractivity contribution in [3.63, 3.8) is 0 Å². The molecule has 0 saturated carbocycles. The summed E-state index contributed by atoms with van der Waals surface area (Å²) in [6.07, 6.45) is -5.76. The van der Waals surface area contributed by atoms with E-state index in [1.807, 2.05) is 54.6 Å². The second-order valence-electron chi connectivity index (χ2n) is 11.4. The Labute approximate surface area is 264 Å². The molecule has 0 saturated heterocycles. The molecule has 5 atom stereocenters. The molecule has 3 amide bonds. The first kappa shape index (κ1) is 34.2. The van der Waals surface area contributed by atoms with Crippen LogP contribution in [0.2, 0.25) is 0 Å². The maximum atomic E-state index is 13.6. The van der Waals surface area contributed by atoms with Gasteiger partial charge in [-0.15, -0.1) is 0 Å². The van der Waals surface area contributed by atoms with Crippen LogP contribution < -0.4 is 21.7 Å². The van der Waals surface area contributed by atoms with Crippen LogP contribution in [0, 0.1) is 0 Å². The van der Waals surface area contributed by atoms with Crippen molar-refractivity contribution in [2.75, 3.05) is 0 Å². The minimum Gasteiger partial charge on any atom is -0.391 e. The number of amides is 3. The summed E-state index contributed by atoms with van der Waals surface area (Å²) in [5.41, 5.74) is 7.04. The topological polar surface area (TPSA) is 149 Å². The monoisotopic (exact) mass is 637 g/mol. The second-order valence-corrected chi connectivity index (χ2v) is 11.4. The van der Waals surface area contributed by atoms with Crippen LogP contribution in [-0.2, 0) is 27.0 Å². The fourth-order valence-corrected chi connectivity index (χ4v) is 5.07. The van der Waals surface area contributed by atoms with Crippen LogP contribution in [0.3, 0.4) is 0 Å². The van der Waals surface area contributed by atoms with E-state index < -0.39 is 59.7 Å². The third-order valence-corrected chi connectivity index (χ3v) is 7.64. The summed E-state index contributed by atoms with van der Waals surface area (Å²) in [6, 6.07) is 19.5. The van der Waals surface area contributed by atoms with Gasteiger partial charge in [0.25, 0.3) is 0 Å². The normalized spacial score (nSPS) is 14.9. The Morgan fingerprint density at radius 2 is 1.57 bits per heavy atom. The molecule has 3 aromatic carbocycles. The van der Waals surface area contributed by atoms with Crippen molar-refractivity contribution in [3.05, 3.63) is 107 Å². The molecule has 9 nitrogen and oxygen atoms in total. The van der Waals surface area contributed by atoms with Gasteiger partial charge >= 0.3 is 6.18 Å². The Kier molecular flexibility index (Phi) is 11.2. The highest BCUT2D eigenvalue weighted by Gasteiger charge is 2.32. The van der Waals surface area contributed by atoms with Crippen LogP contribution in [0.15, 0.2) is 84.9 Å². The quantitative estimate of drug-likeness (QED) is 0.131. The molecular formula is C34H38F3N5O4. The van der Waals surface area contributed by atoms with E-state index in [1.165, 1.54) is 26.0 Å². The van der Waals surface area contributed by atoms with Crippen LogP contribution in [0.1, 0.15) is 55.1 Å². The van der Waals surface area contributed by atoms with E-state index in [9.17, 15) is 32.7 Å². The van der Waals surface area contributed by atoms with Crippen molar-refractivity contribution < 1.29 is 32.7 Å². The Hall–Kier alpha value is -4.68. The summed E-state index contributed by atoms with van der Waals surface area (Å²) >= 11 is 0. The number of nitrogens with one attached hydrogen (secondary N) is 4. The number of hydrogen-bond acceptors (Lipinski definition) is 5. The standard InChI is InChI=1S/C34H38F3N5O4/c1-20(38)32(45)39-21(2)33(46)41-27(17-22-9-4-3-5-10-22)29(43)15-16-30(44)42-31(24-12-8-13-25(18-24)34(35,36)37)28-19-23-11-6-7-14-26(23)40-28/h3-14,18-21,27,29,31,40,43H,15-17,38H2,1-2H3,(H,39,45)(H,41,46)(H,42,44)/t20-,21-,27-,29-,31?/m0/s1. The highest BCUT2D eigenvalue weighted by molar-refractivity contribution is 5.89. The van der Waals surface area contributed by atoms with Crippen LogP contribution >= 0.6 is 0 Å². The molecule has 0 aliphatic heterocycles. The molecule has 244 valence electrons. The summed E-state index contributed by atoms with van der Waals surface area (Å²) in [5.74, 6) is -1.56. The van der Waals surface area contributed by atoms with E-state index in [4.69, 9.17) is 5.73 Å². The molecule has 0 fully saturated rings. The number of aromatic amines is 1. The maximum absolute atomic E-state index is 13.6. The molecule has 0 radical (unpaired) electrons. The molecule has 12 heteroatoms. The number of carbonyl (C=O) groups excluding carboxylic acids is 3. The third-order valence-electron chi connectivity index (χ3n) is 7.64. The van der Waals surface area contributed by atoms with Crippen LogP contribution in [-0.4, -0.2) is 52.0 Å². The predicted octanol–water partition coefficient (Wildman–Crippen LogP) is 4.11. The highest BCUT2D eigenvalue weighted by Crippen LogP contribution is 2.33. The number of aromatic nitrogens is 1. The van der Waals surface area contributed by atoms with E-state index >= 15 is 0 Å². The lowest BCUT2D eigenvalue weighted by Gasteiger charge is -2.27. The Morgan fingerprint density at radius 3 is 2.24 bits per heavy atom. The molecule has 1 heterocycles. The molecule has 1 aromatic heterocycles. The number of aliphatic hydroxyl groups excluding tert-OH is 1. The zero-order valence-corrected chi connectivity index (χ0v) is 25.5. The van der Waals surface area contributed by atoms with Gasteiger partial charge in [0.15, 0.2) is 0 Å². The van der Waals surface area contributed by atoms with Gasteiger partial charge < -0.3 is 31.8 Å². The Bertz CT molecular complexity index is 1610. The van der Waals surface area contributed by atoms with Crippen LogP contribution in [0.4, 0.5) is 13.2 Å². The van der Waals surface area contributed by atoms with Gasteiger partial charge in [0.1, 0.15) is 6.04 Å². The average molecular weight is 638 g/mol. The van der Waals surface area contributed by atoms with Crippen molar-refractivity contribution in [2.45, 2.75) is 69.6 Å². The second kappa shape index (κ2) is 15.1. The van der Waals surface area contributed by atoms with Crippen molar-refractivity contribution in [3.8, 4) is 0 Å². The molecule has 46 heavy (non-hydrogen) atoms. The number of para-hydroxylation sites is 1. The van der Waals surface area contributed by atoms with E-state index in [0.717, 1.165) is 28.6 Å². The maximum Gasteiger partial charge on any atom is 0.416 e.